The minimum absolute atomic E-state index is 0.0566. The largest absolute Gasteiger partial charge is 0.445 e. The zero-order chi connectivity index (χ0) is 27.4. The van der Waals surface area contributed by atoms with E-state index in [9.17, 15) is 14.4 Å². The van der Waals surface area contributed by atoms with Crippen LogP contribution in [-0.4, -0.2) is 68.0 Å². The van der Waals surface area contributed by atoms with Gasteiger partial charge in [0.05, 0.1) is 18.0 Å². The summed E-state index contributed by atoms with van der Waals surface area (Å²) in [6.45, 7) is 3.44. The number of alkyl carbamates (subject to hydrolysis) is 1. The van der Waals surface area contributed by atoms with E-state index >= 15 is 0 Å². The third-order valence-electron chi connectivity index (χ3n) is 7.92. The molecular formula is C30H36N4O5. The zero-order valence-corrected chi connectivity index (χ0v) is 22.6. The molecule has 39 heavy (non-hydrogen) atoms. The van der Waals surface area contributed by atoms with Gasteiger partial charge in [0.2, 0.25) is 12.1 Å². The van der Waals surface area contributed by atoms with Crippen LogP contribution in [0.4, 0.5) is 10.5 Å². The Morgan fingerprint density at radius 1 is 0.974 bits per heavy atom. The normalized spacial score (nSPS) is 22.5. The number of carbonyl (C=O) groups is 3. The lowest BCUT2D eigenvalue weighted by molar-refractivity contribution is -0.132. The van der Waals surface area contributed by atoms with E-state index in [0.29, 0.717) is 28.8 Å². The molecule has 2 saturated heterocycles. The van der Waals surface area contributed by atoms with Crippen LogP contribution in [0.3, 0.4) is 0 Å². The van der Waals surface area contributed by atoms with E-state index in [1.54, 1.807) is 7.11 Å². The van der Waals surface area contributed by atoms with E-state index in [1.165, 1.54) is 4.90 Å². The van der Waals surface area contributed by atoms with E-state index in [-0.39, 0.29) is 25.7 Å². The number of anilines is 1. The smallest absolute Gasteiger partial charge is 0.409 e. The number of rotatable bonds is 7. The quantitative estimate of drug-likeness (QED) is 0.587. The number of carbonyl (C=O) groups excluding carboxylic acids is 3. The van der Waals surface area contributed by atoms with Gasteiger partial charge in [-0.1, -0.05) is 48.5 Å². The first-order valence-electron chi connectivity index (χ1n) is 13.6. The van der Waals surface area contributed by atoms with Gasteiger partial charge in [0.15, 0.2) is 0 Å². The van der Waals surface area contributed by atoms with Gasteiger partial charge in [-0.25, -0.2) is 4.79 Å². The third-order valence-corrected chi connectivity index (χ3v) is 7.92. The number of aliphatic imine (C=N–C) groups is 1. The summed E-state index contributed by atoms with van der Waals surface area (Å²) in [7, 11) is 1.55. The summed E-state index contributed by atoms with van der Waals surface area (Å²) in [4.78, 5) is 48.4. The SMILES string of the molecule is COCC1=NC(NC(=O)OCc2ccccc2)C(=O)N(CC(=O)N2CC3CCC(CC3)C2)c2c(C)cccc21. The molecule has 206 valence electrons. The Balaban J connectivity index is 1.41. The molecule has 3 fully saturated rings. The average Bonchev–Trinajstić information content (AvgIpc) is 3.32. The number of nitrogens with zero attached hydrogens (tertiary/aromatic N) is 3. The summed E-state index contributed by atoms with van der Waals surface area (Å²) in [6, 6.07) is 15.0. The van der Waals surface area contributed by atoms with Crippen molar-refractivity contribution in [3.05, 3.63) is 65.2 Å². The van der Waals surface area contributed by atoms with Crippen molar-refractivity contribution in [3.63, 3.8) is 0 Å². The molecule has 2 aromatic carbocycles. The number of amides is 3. The van der Waals surface area contributed by atoms with Crippen molar-refractivity contribution in [3.8, 4) is 0 Å². The highest BCUT2D eigenvalue weighted by Crippen LogP contribution is 2.35. The second-order valence-corrected chi connectivity index (χ2v) is 10.7. The molecule has 2 aromatic rings. The minimum atomic E-state index is -1.27. The number of aryl methyl sites for hydroxylation is 1. The molecule has 1 N–H and O–H groups in total. The van der Waals surface area contributed by atoms with Crippen LogP contribution in [0.25, 0.3) is 0 Å². The van der Waals surface area contributed by atoms with Crippen molar-refractivity contribution in [1.82, 2.24) is 10.2 Å². The fourth-order valence-electron chi connectivity index (χ4n) is 5.90. The van der Waals surface area contributed by atoms with Crippen LogP contribution in [0, 0.1) is 18.8 Å². The summed E-state index contributed by atoms with van der Waals surface area (Å²) in [5, 5.41) is 2.62. The van der Waals surface area contributed by atoms with Gasteiger partial charge >= 0.3 is 6.09 Å². The number of fused-ring (bicyclic) bond motifs is 5. The molecule has 0 spiro atoms. The van der Waals surface area contributed by atoms with E-state index in [1.807, 2.05) is 60.4 Å². The van der Waals surface area contributed by atoms with Gasteiger partial charge < -0.3 is 14.4 Å². The molecule has 2 bridgehead atoms. The fraction of sp³-hybridized carbons (Fsp3) is 0.467. The molecule has 3 amide bonds. The van der Waals surface area contributed by atoms with Gasteiger partial charge in [-0.05, 0) is 55.6 Å². The van der Waals surface area contributed by atoms with Crippen LogP contribution in [0.1, 0.15) is 42.4 Å². The summed E-state index contributed by atoms with van der Waals surface area (Å²) in [5.74, 6) is 0.468. The third kappa shape index (κ3) is 6.14. The second kappa shape index (κ2) is 12.0. The Bertz CT molecular complexity index is 1230. The molecular weight excluding hydrogens is 496 g/mol. The molecule has 1 aliphatic carbocycles. The fourth-order valence-corrected chi connectivity index (χ4v) is 5.90. The van der Waals surface area contributed by atoms with Crippen LogP contribution in [0.2, 0.25) is 0 Å². The maximum atomic E-state index is 14.0. The molecule has 1 atom stereocenters. The molecule has 9 heteroatoms. The van der Waals surface area contributed by atoms with E-state index in [2.05, 4.69) is 10.3 Å². The van der Waals surface area contributed by atoms with Crippen molar-refractivity contribution in [2.24, 2.45) is 16.8 Å². The van der Waals surface area contributed by atoms with Gasteiger partial charge in [-0.2, -0.15) is 0 Å². The summed E-state index contributed by atoms with van der Waals surface area (Å²) in [6.07, 6.45) is 2.60. The van der Waals surface area contributed by atoms with Crippen molar-refractivity contribution < 1.29 is 23.9 Å². The topological polar surface area (TPSA) is 101 Å². The van der Waals surface area contributed by atoms with E-state index < -0.39 is 18.2 Å². The Labute approximate surface area is 229 Å². The molecule has 3 aliphatic heterocycles. The van der Waals surface area contributed by atoms with Crippen LogP contribution < -0.4 is 10.2 Å². The lowest BCUT2D eigenvalue weighted by Gasteiger charge is -2.30. The van der Waals surface area contributed by atoms with Gasteiger partial charge in [0, 0.05) is 25.8 Å². The van der Waals surface area contributed by atoms with Crippen LogP contribution in [0.15, 0.2) is 53.5 Å². The summed E-state index contributed by atoms with van der Waals surface area (Å²) >= 11 is 0. The van der Waals surface area contributed by atoms with Gasteiger partial charge in [0.1, 0.15) is 13.2 Å². The standard InChI is InChI=1S/C30H36N4O5/c1-20-7-6-10-24-25(19-38-2)31-28(32-30(37)39-18-23-8-4-3-5-9-23)29(36)34(27(20)24)17-26(35)33-15-21-11-12-22(16-33)14-13-21/h3-10,21-22,28H,11-19H2,1-2H3,(H,32,37). The molecule has 1 saturated carbocycles. The number of methoxy groups -OCH3 is 1. The number of nitrogens with one attached hydrogen (secondary N) is 1. The highest BCUT2D eigenvalue weighted by molar-refractivity contribution is 6.15. The highest BCUT2D eigenvalue weighted by Gasteiger charge is 2.37. The predicted octanol–water partition coefficient (Wildman–Crippen LogP) is 3.68. The van der Waals surface area contributed by atoms with Crippen LogP contribution >= 0.6 is 0 Å². The van der Waals surface area contributed by atoms with Crippen molar-refractivity contribution >= 4 is 29.3 Å². The lowest BCUT2D eigenvalue weighted by atomic mass is 9.84. The molecule has 1 unspecified atom stereocenters. The molecule has 0 radical (unpaired) electrons. The first-order valence-corrected chi connectivity index (χ1v) is 13.6. The Hall–Kier alpha value is -3.72. The van der Waals surface area contributed by atoms with E-state index in [0.717, 1.165) is 49.9 Å². The highest BCUT2D eigenvalue weighted by atomic mass is 16.5. The number of hydrogen-bond donors (Lipinski definition) is 1. The number of ether oxygens (including phenoxy) is 2. The maximum absolute atomic E-state index is 14.0. The first kappa shape index (κ1) is 26.9. The molecule has 3 heterocycles. The average molecular weight is 533 g/mol. The molecule has 4 aliphatic rings. The monoisotopic (exact) mass is 532 g/mol. The van der Waals surface area contributed by atoms with Crippen LogP contribution in [-0.2, 0) is 25.7 Å². The van der Waals surface area contributed by atoms with Gasteiger partial charge in [0.25, 0.3) is 5.91 Å². The molecule has 9 nitrogen and oxygen atoms in total. The number of para-hydroxylation sites is 1. The summed E-state index contributed by atoms with van der Waals surface area (Å²) in [5.41, 5.74) is 3.49. The van der Waals surface area contributed by atoms with E-state index in [4.69, 9.17) is 9.47 Å². The Kier molecular flexibility index (Phi) is 8.26. The number of hydrogen-bond acceptors (Lipinski definition) is 6. The van der Waals surface area contributed by atoms with Gasteiger partial charge in [-0.15, -0.1) is 0 Å². The molecule has 6 rings (SSSR count). The summed E-state index contributed by atoms with van der Waals surface area (Å²) < 4.78 is 10.8. The zero-order valence-electron chi connectivity index (χ0n) is 22.6. The number of benzene rings is 2. The van der Waals surface area contributed by atoms with Crippen molar-refractivity contribution in [1.29, 1.82) is 0 Å². The second-order valence-electron chi connectivity index (χ2n) is 10.7. The first-order chi connectivity index (χ1) is 18.9. The Morgan fingerprint density at radius 3 is 2.33 bits per heavy atom. The predicted molar refractivity (Wildman–Crippen MR) is 148 cm³/mol. The molecule has 0 aromatic heterocycles. The maximum Gasteiger partial charge on any atom is 0.409 e. The van der Waals surface area contributed by atoms with Crippen molar-refractivity contribution in [2.75, 3.05) is 38.3 Å². The minimum Gasteiger partial charge on any atom is -0.445 e. The Morgan fingerprint density at radius 2 is 1.67 bits per heavy atom. The van der Waals surface area contributed by atoms with Gasteiger partial charge in [-0.3, -0.25) is 24.8 Å². The lowest BCUT2D eigenvalue weighted by Crippen LogP contribution is -2.51. The van der Waals surface area contributed by atoms with Crippen molar-refractivity contribution in [2.45, 2.75) is 45.4 Å². The number of benzodiazepines with no additional fused rings is 1. The van der Waals surface area contributed by atoms with Crippen LogP contribution in [0.5, 0.6) is 0 Å².